The Morgan fingerprint density at radius 3 is 3.17 bits per heavy atom. The number of H-pyrrole nitrogens is 1. The minimum Gasteiger partial charge on any atom is -0.333 e. The third-order valence-electron chi connectivity index (χ3n) is 2.58. The van der Waals surface area contributed by atoms with Crippen LogP contribution in [-0.2, 0) is 0 Å². The molecular formula is C9H10N2S. The van der Waals surface area contributed by atoms with E-state index in [1.165, 1.54) is 11.8 Å². The van der Waals surface area contributed by atoms with E-state index in [9.17, 15) is 0 Å². The summed E-state index contributed by atoms with van der Waals surface area (Å²) in [6.45, 7) is 0. The van der Waals surface area contributed by atoms with Crippen LogP contribution in [0, 0.1) is 11.8 Å². The van der Waals surface area contributed by atoms with E-state index in [1.807, 2.05) is 6.26 Å². The lowest BCUT2D eigenvalue weighted by atomic mass is 10.2. The molecule has 2 aliphatic carbocycles. The monoisotopic (exact) mass is 178 g/mol. The summed E-state index contributed by atoms with van der Waals surface area (Å²) < 4.78 is 0. The van der Waals surface area contributed by atoms with E-state index >= 15 is 0 Å². The number of aromatic amines is 1. The molecule has 1 aromatic heterocycles. The fourth-order valence-electron chi connectivity index (χ4n) is 1.76. The number of imidazole rings is 1. The maximum absolute atomic E-state index is 4.47. The summed E-state index contributed by atoms with van der Waals surface area (Å²) in [6.07, 6.45) is 8.01. The van der Waals surface area contributed by atoms with Crippen molar-refractivity contribution in [2.75, 3.05) is 6.26 Å². The SMILES string of the molecule is CSc1nc2c([nH]1)=CC1CC1C=2. The molecule has 2 aliphatic rings. The van der Waals surface area contributed by atoms with Crippen molar-refractivity contribution >= 4 is 23.9 Å². The van der Waals surface area contributed by atoms with Gasteiger partial charge in [-0.3, -0.25) is 0 Å². The molecule has 0 radical (unpaired) electrons. The molecule has 0 spiro atoms. The Morgan fingerprint density at radius 2 is 2.33 bits per heavy atom. The summed E-state index contributed by atoms with van der Waals surface area (Å²) in [5.41, 5.74) is 0. The lowest BCUT2D eigenvalue weighted by Crippen LogP contribution is -2.26. The molecule has 1 N–H and O–H groups in total. The number of nitrogens with zero attached hydrogens (tertiary/aromatic N) is 1. The molecule has 2 unspecified atom stereocenters. The van der Waals surface area contributed by atoms with Gasteiger partial charge in [-0.15, -0.1) is 0 Å². The van der Waals surface area contributed by atoms with Crippen molar-refractivity contribution < 1.29 is 0 Å². The van der Waals surface area contributed by atoms with Crippen LogP contribution >= 0.6 is 11.8 Å². The van der Waals surface area contributed by atoms with Crippen molar-refractivity contribution in [2.45, 2.75) is 11.6 Å². The highest BCUT2D eigenvalue weighted by molar-refractivity contribution is 7.98. The van der Waals surface area contributed by atoms with Gasteiger partial charge in [0.2, 0.25) is 0 Å². The van der Waals surface area contributed by atoms with Crippen molar-refractivity contribution in [3.63, 3.8) is 0 Å². The van der Waals surface area contributed by atoms with E-state index in [0.717, 1.165) is 22.3 Å². The molecule has 3 rings (SSSR count). The van der Waals surface area contributed by atoms with Gasteiger partial charge in [-0.25, -0.2) is 4.98 Å². The second-order valence-electron chi connectivity index (χ2n) is 3.44. The van der Waals surface area contributed by atoms with Crippen LogP contribution in [0.4, 0.5) is 0 Å². The molecule has 1 saturated carbocycles. The molecule has 12 heavy (non-hydrogen) atoms. The quantitative estimate of drug-likeness (QED) is 0.628. The molecule has 1 heterocycles. The average Bonchev–Trinajstić information content (AvgIpc) is 2.69. The van der Waals surface area contributed by atoms with Crippen LogP contribution < -0.4 is 10.7 Å². The van der Waals surface area contributed by atoms with Gasteiger partial charge in [0.1, 0.15) is 0 Å². The van der Waals surface area contributed by atoms with E-state index in [4.69, 9.17) is 0 Å². The lowest BCUT2D eigenvalue weighted by Gasteiger charge is -1.89. The Morgan fingerprint density at radius 1 is 1.50 bits per heavy atom. The molecule has 0 aliphatic heterocycles. The molecule has 1 fully saturated rings. The van der Waals surface area contributed by atoms with E-state index in [1.54, 1.807) is 11.8 Å². The number of thioether (sulfide) groups is 1. The van der Waals surface area contributed by atoms with E-state index in [0.29, 0.717) is 0 Å². The van der Waals surface area contributed by atoms with Gasteiger partial charge in [-0.1, -0.05) is 23.9 Å². The number of fused-ring (bicyclic) bond motifs is 2. The molecule has 0 amide bonds. The first-order valence-electron chi connectivity index (χ1n) is 4.20. The van der Waals surface area contributed by atoms with Crippen molar-refractivity contribution in [1.82, 2.24) is 9.97 Å². The number of hydrogen-bond donors (Lipinski definition) is 1. The van der Waals surface area contributed by atoms with Crippen LogP contribution in [0.3, 0.4) is 0 Å². The summed E-state index contributed by atoms with van der Waals surface area (Å²) >= 11 is 1.67. The average molecular weight is 178 g/mol. The van der Waals surface area contributed by atoms with Crippen molar-refractivity contribution in [1.29, 1.82) is 0 Å². The summed E-state index contributed by atoms with van der Waals surface area (Å²) in [4.78, 5) is 7.77. The normalized spacial score (nSPS) is 29.8. The number of rotatable bonds is 1. The van der Waals surface area contributed by atoms with Crippen molar-refractivity contribution in [2.24, 2.45) is 11.8 Å². The summed E-state index contributed by atoms with van der Waals surface area (Å²) in [7, 11) is 0. The van der Waals surface area contributed by atoms with Gasteiger partial charge in [0, 0.05) is 0 Å². The van der Waals surface area contributed by atoms with Gasteiger partial charge in [-0.05, 0) is 24.5 Å². The number of aromatic nitrogens is 2. The number of nitrogens with one attached hydrogen (secondary N) is 1. The zero-order valence-electron chi connectivity index (χ0n) is 6.87. The Hall–Kier alpha value is -0.700. The third kappa shape index (κ3) is 0.860. The predicted molar refractivity (Wildman–Crippen MR) is 50.1 cm³/mol. The van der Waals surface area contributed by atoms with E-state index < -0.39 is 0 Å². The Kier molecular flexibility index (Phi) is 1.22. The van der Waals surface area contributed by atoms with E-state index in [2.05, 4.69) is 22.1 Å². The second kappa shape index (κ2) is 2.16. The largest absolute Gasteiger partial charge is 0.333 e. The molecule has 0 saturated heterocycles. The second-order valence-corrected chi connectivity index (χ2v) is 4.24. The molecule has 62 valence electrons. The Labute approximate surface area is 74.8 Å². The highest BCUT2D eigenvalue weighted by Gasteiger charge is 2.35. The Balaban J connectivity index is 2.26. The topological polar surface area (TPSA) is 28.7 Å². The van der Waals surface area contributed by atoms with Crippen molar-refractivity contribution in [3.05, 3.63) is 10.7 Å². The summed E-state index contributed by atoms with van der Waals surface area (Å²) in [6, 6.07) is 0. The highest BCUT2D eigenvalue weighted by Crippen LogP contribution is 2.41. The fraction of sp³-hybridized carbons (Fsp3) is 0.444. The van der Waals surface area contributed by atoms with Crippen LogP contribution in [0.1, 0.15) is 6.42 Å². The Bertz CT molecular complexity index is 394. The molecule has 2 atom stereocenters. The molecule has 3 heteroatoms. The maximum Gasteiger partial charge on any atom is 0.166 e. The minimum atomic E-state index is 0.801. The zero-order chi connectivity index (χ0) is 8.13. The predicted octanol–water partition coefficient (Wildman–Crippen LogP) is 0.342. The van der Waals surface area contributed by atoms with Crippen molar-refractivity contribution in [3.8, 4) is 0 Å². The summed E-state index contributed by atoms with van der Waals surface area (Å²) in [5.74, 6) is 1.61. The first kappa shape index (κ1) is 6.78. The van der Waals surface area contributed by atoms with Crippen LogP contribution in [-0.4, -0.2) is 16.2 Å². The molecular weight excluding hydrogens is 168 g/mol. The van der Waals surface area contributed by atoms with Crippen LogP contribution in [0.2, 0.25) is 0 Å². The smallest absolute Gasteiger partial charge is 0.166 e. The standard InChI is InChI=1S/C9H10N2S/c1-12-9-10-7-3-5-2-6(5)4-8(7)11-9/h3-6H,2H2,1H3,(H,10,11). The first-order valence-corrected chi connectivity index (χ1v) is 5.43. The first-order chi connectivity index (χ1) is 5.86. The van der Waals surface area contributed by atoms with Gasteiger partial charge < -0.3 is 4.98 Å². The lowest BCUT2D eigenvalue weighted by molar-refractivity contribution is 1.04. The molecule has 0 bridgehead atoms. The zero-order valence-corrected chi connectivity index (χ0v) is 7.69. The molecule has 0 aromatic carbocycles. The van der Waals surface area contributed by atoms with E-state index in [-0.39, 0.29) is 0 Å². The number of hydrogen-bond acceptors (Lipinski definition) is 2. The maximum atomic E-state index is 4.47. The van der Waals surface area contributed by atoms with Crippen LogP contribution in [0.25, 0.3) is 12.2 Å². The highest BCUT2D eigenvalue weighted by atomic mass is 32.2. The molecule has 2 nitrogen and oxygen atoms in total. The van der Waals surface area contributed by atoms with Gasteiger partial charge in [0.25, 0.3) is 0 Å². The summed E-state index contributed by atoms with van der Waals surface area (Å²) in [5, 5.41) is 3.44. The van der Waals surface area contributed by atoms with Crippen LogP contribution in [0.15, 0.2) is 5.16 Å². The van der Waals surface area contributed by atoms with Gasteiger partial charge in [0.05, 0.1) is 10.7 Å². The van der Waals surface area contributed by atoms with Gasteiger partial charge in [0.15, 0.2) is 5.16 Å². The van der Waals surface area contributed by atoms with Crippen LogP contribution in [0.5, 0.6) is 0 Å². The fourth-order valence-corrected chi connectivity index (χ4v) is 2.17. The minimum absolute atomic E-state index is 0.801. The van der Waals surface area contributed by atoms with Gasteiger partial charge in [-0.2, -0.15) is 0 Å². The van der Waals surface area contributed by atoms with Gasteiger partial charge >= 0.3 is 0 Å². The molecule has 1 aromatic rings. The third-order valence-corrected chi connectivity index (χ3v) is 3.16.